The van der Waals surface area contributed by atoms with E-state index in [1.807, 2.05) is 12.1 Å². The number of benzene rings is 1. The summed E-state index contributed by atoms with van der Waals surface area (Å²) in [6.45, 7) is 0. The number of carboxylic acids is 1. The van der Waals surface area contributed by atoms with Gasteiger partial charge in [-0.05, 0) is 34.1 Å². The molecule has 0 fully saturated rings. The first-order chi connectivity index (χ1) is 9.04. The summed E-state index contributed by atoms with van der Waals surface area (Å²) in [5.41, 5.74) is 0.791. The first-order valence-electron chi connectivity index (χ1n) is 4.95. The van der Waals surface area contributed by atoms with Gasteiger partial charge in [0.15, 0.2) is 4.34 Å². The molecule has 0 aliphatic carbocycles. The van der Waals surface area contributed by atoms with Crippen molar-refractivity contribution in [2.24, 2.45) is 0 Å². The lowest BCUT2D eigenvalue weighted by Gasteiger charge is -2.03. The number of hydrogen-bond acceptors (Lipinski definition) is 6. The van der Waals surface area contributed by atoms with Gasteiger partial charge in [0, 0.05) is 10.2 Å². The van der Waals surface area contributed by atoms with Gasteiger partial charge >= 0.3 is 5.97 Å². The van der Waals surface area contributed by atoms with Crippen molar-refractivity contribution in [3.8, 4) is 0 Å². The second-order valence-electron chi connectivity index (χ2n) is 3.31. The van der Waals surface area contributed by atoms with Gasteiger partial charge in [-0.1, -0.05) is 34.7 Å². The van der Waals surface area contributed by atoms with E-state index in [1.54, 1.807) is 6.07 Å². The summed E-state index contributed by atoms with van der Waals surface area (Å²) in [5, 5.41) is 20.6. The fourth-order valence-corrected chi connectivity index (χ4v) is 3.06. The molecule has 0 unspecified atom stereocenters. The summed E-state index contributed by atoms with van der Waals surface area (Å²) >= 11 is 11.7. The molecule has 2 N–H and O–H groups in total. The van der Waals surface area contributed by atoms with Crippen LogP contribution in [-0.2, 0) is 4.79 Å². The lowest BCUT2D eigenvalue weighted by atomic mass is 10.3. The van der Waals surface area contributed by atoms with Gasteiger partial charge in [-0.25, -0.2) is 0 Å². The maximum Gasteiger partial charge on any atom is 0.313 e. The minimum Gasteiger partial charge on any atom is -0.481 e. The van der Waals surface area contributed by atoms with E-state index in [4.69, 9.17) is 16.7 Å². The Morgan fingerprint density at radius 3 is 3.00 bits per heavy atom. The SMILES string of the molecule is O=C(O)CSc1nnc(Nc2ccc(Br)c(Cl)c2)s1. The summed E-state index contributed by atoms with van der Waals surface area (Å²) in [6, 6.07) is 5.43. The molecular weight excluding hydrogens is 374 g/mol. The van der Waals surface area contributed by atoms with Crippen LogP contribution in [-0.4, -0.2) is 27.0 Å². The molecule has 0 amide bonds. The van der Waals surface area contributed by atoms with Gasteiger partial charge in [0.25, 0.3) is 0 Å². The third-order valence-electron chi connectivity index (χ3n) is 1.90. The highest BCUT2D eigenvalue weighted by atomic mass is 79.9. The quantitative estimate of drug-likeness (QED) is 0.767. The number of nitrogens with one attached hydrogen (secondary N) is 1. The Morgan fingerprint density at radius 1 is 1.53 bits per heavy atom. The third-order valence-corrected chi connectivity index (χ3v) is 5.09. The largest absolute Gasteiger partial charge is 0.481 e. The normalized spacial score (nSPS) is 10.4. The van der Waals surface area contributed by atoms with E-state index in [0.29, 0.717) is 14.5 Å². The molecule has 2 aromatic rings. The van der Waals surface area contributed by atoms with E-state index in [9.17, 15) is 4.79 Å². The maximum absolute atomic E-state index is 10.4. The highest BCUT2D eigenvalue weighted by Gasteiger charge is 2.08. The number of carbonyl (C=O) groups is 1. The van der Waals surface area contributed by atoms with Crippen LogP contribution in [0, 0.1) is 0 Å². The van der Waals surface area contributed by atoms with Crippen molar-refractivity contribution < 1.29 is 9.90 Å². The molecule has 100 valence electrons. The topological polar surface area (TPSA) is 75.1 Å². The number of thioether (sulfide) groups is 1. The highest BCUT2D eigenvalue weighted by Crippen LogP contribution is 2.30. The van der Waals surface area contributed by atoms with Crippen molar-refractivity contribution >= 4 is 67.4 Å². The Bertz CT molecular complexity index is 608. The van der Waals surface area contributed by atoms with Crippen LogP contribution >= 0.6 is 50.6 Å². The van der Waals surface area contributed by atoms with Crippen LogP contribution in [0.4, 0.5) is 10.8 Å². The van der Waals surface area contributed by atoms with Crippen molar-refractivity contribution in [3.63, 3.8) is 0 Å². The Kier molecular flexibility index (Phi) is 5.03. The van der Waals surface area contributed by atoms with Crippen LogP contribution in [0.2, 0.25) is 5.02 Å². The Morgan fingerprint density at radius 2 is 2.32 bits per heavy atom. The molecule has 0 spiro atoms. The second kappa shape index (κ2) is 6.56. The average Bonchev–Trinajstić information content (AvgIpc) is 2.79. The first kappa shape index (κ1) is 14.6. The fraction of sp³-hybridized carbons (Fsp3) is 0.100. The molecule has 1 aromatic carbocycles. The fourth-order valence-electron chi connectivity index (χ4n) is 1.14. The van der Waals surface area contributed by atoms with E-state index in [2.05, 4.69) is 31.4 Å². The Balaban J connectivity index is 2.02. The van der Waals surface area contributed by atoms with E-state index < -0.39 is 5.97 Å². The summed E-state index contributed by atoms with van der Waals surface area (Å²) < 4.78 is 1.42. The van der Waals surface area contributed by atoms with Gasteiger partial charge in [-0.3, -0.25) is 4.79 Å². The zero-order valence-electron chi connectivity index (χ0n) is 9.26. The van der Waals surface area contributed by atoms with Gasteiger partial charge in [-0.2, -0.15) is 0 Å². The average molecular weight is 381 g/mol. The number of halogens is 2. The monoisotopic (exact) mass is 379 g/mol. The minimum absolute atomic E-state index is 0.0290. The standard InChI is InChI=1S/C10H7BrClN3O2S2/c11-6-2-1-5(3-7(6)12)13-9-14-15-10(19-9)18-4-8(16)17/h1-3H,4H2,(H,13,14)(H,16,17). The molecule has 0 atom stereocenters. The summed E-state index contributed by atoms with van der Waals surface area (Å²) in [7, 11) is 0. The predicted molar refractivity (Wildman–Crippen MR) is 80.7 cm³/mol. The predicted octanol–water partition coefficient (Wildman–Crippen LogP) is 3.87. The first-order valence-corrected chi connectivity index (χ1v) is 7.92. The summed E-state index contributed by atoms with van der Waals surface area (Å²) in [5.74, 6) is -0.909. The second-order valence-corrected chi connectivity index (χ2v) is 6.77. The number of anilines is 2. The van der Waals surface area contributed by atoms with E-state index in [1.165, 1.54) is 11.3 Å². The van der Waals surface area contributed by atoms with E-state index in [0.717, 1.165) is 21.9 Å². The van der Waals surface area contributed by atoms with Gasteiger partial charge in [0.1, 0.15) is 0 Å². The van der Waals surface area contributed by atoms with Crippen molar-refractivity contribution in [2.75, 3.05) is 11.1 Å². The molecule has 0 radical (unpaired) electrons. The van der Waals surface area contributed by atoms with Gasteiger partial charge in [0.05, 0.1) is 10.8 Å². The molecule has 0 saturated carbocycles. The number of aliphatic carboxylic acids is 1. The number of nitrogens with zero attached hydrogens (tertiary/aromatic N) is 2. The maximum atomic E-state index is 10.4. The van der Waals surface area contributed by atoms with Gasteiger partial charge in [0.2, 0.25) is 5.13 Å². The summed E-state index contributed by atoms with van der Waals surface area (Å²) in [4.78, 5) is 10.4. The number of hydrogen-bond donors (Lipinski definition) is 2. The Hall–Kier alpha value is -0.830. The van der Waals surface area contributed by atoms with Crippen LogP contribution in [0.3, 0.4) is 0 Å². The molecule has 2 rings (SSSR count). The van der Waals surface area contributed by atoms with Crippen molar-refractivity contribution in [1.82, 2.24) is 10.2 Å². The van der Waals surface area contributed by atoms with Crippen LogP contribution in [0.15, 0.2) is 27.0 Å². The third kappa shape index (κ3) is 4.34. The zero-order chi connectivity index (χ0) is 13.8. The van der Waals surface area contributed by atoms with Gasteiger partial charge in [-0.15, -0.1) is 10.2 Å². The zero-order valence-corrected chi connectivity index (χ0v) is 13.2. The molecule has 5 nitrogen and oxygen atoms in total. The van der Waals surface area contributed by atoms with E-state index in [-0.39, 0.29) is 5.75 Å². The lowest BCUT2D eigenvalue weighted by molar-refractivity contribution is -0.133. The molecular formula is C10H7BrClN3O2S2. The molecule has 0 aliphatic heterocycles. The molecule has 1 aromatic heterocycles. The summed E-state index contributed by atoms with van der Waals surface area (Å²) in [6.07, 6.45) is 0. The van der Waals surface area contributed by atoms with Crippen LogP contribution in [0.5, 0.6) is 0 Å². The molecule has 0 bridgehead atoms. The lowest BCUT2D eigenvalue weighted by Crippen LogP contribution is -1.96. The number of aromatic nitrogens is 2. The Labute approximate surface area is 130 Å². The van der Waals surface area contributed by atoms with Crippen molar-refractivity contribution in [3.05, 3.63) is 27.7 Å². The molecule has 9 heteroatoms. The van der Waals surface area contributed by atoms with Gasteiger partial charge < -0.3 is 10.4 Å². The molecule has 1 heterocycles. The molecule has 19 heavy (non-hydrogen) atoms. The van der Waals surface area contributed by atoms with Crippen LogP contribution in [0.1, 0.15) is 0 Å². The smallest absolute Gasteiger partial charge is 0.313 e. The van der Waals surface area contributed by atoms with Crippen LogP contribution in [0.25, 0.3) is 0 Å². The van der Waals surface area contributed by atoms with Crippen LogP contribution < -0.4 is 5.32 Å². The minimum atomic E-state index is -0.880. The van der Waals surface area contributed by atoms with Crippen molar-refractivity contribution in [1.29, 1.82) is 0 Å². The number of carboxylic acid groups (broad SMARTS) is 1. The molecule has 0 saturated heterocycles. The van der Waals surface area contributed by atoms with Crippen molar-refractivity contribution in [2.45, 2.75) is 4.34 Å². The molecule has 0 aliphatic rings. The highest BCUT2D eigenvalue weighted by molar-refractivity contribution is 9.10. The number of rotatable bonds is 5. The van der Waals surface area contributed by atoms with E-state index >= 15 is 0 Å².